The smallest absolute Gasteiger partial charge is 0.0828 e. The quantitative estimate of drug-likeness (QED) is 0.916. The van der Waals surface area contributed by atoms with E-state index in [1.54, 1.807) is 0 Å². The zero-order valence-electron chi connectivity index (χ0n) is 14.2. The Kier molecular flexibility index (Phi) is 4.49. The lowest BCUT2D eigenvalue weighted by atomic mass is 9.98. The fourth-order valence-electron chi connectivity index (χ4n) is 3.22. The van der Waals surface area contributed by atoms with E-state index in [2.05, 4.69) is 68.2 Å². The third kappa shape index (κ3) is 3.30. The van der Waals surface area contributed by atoms with Crippen LogP contribution in [0.3, 0.4) is 0 Å². The second-order valence-corrected chi connectivity index (χ2v) is 6.47. The van der Waals surface area contributed by atoms with Crippen molar-refractivity contribution in [2.45, 2.75) is 39.7 Å². The van der Waals surface area contributed by atoms with Gasteiger partial charge in [-0.2, -0.15) is 5.10 Å². The summed E-state index contributed by atoms with van der Waals surface area (Å²) < 4.78 is 0. The Labute approximate surface area is 138 Å². The number of hydrazone groups is 1. The normalized spacial score (nSPS) is 17.5. The summed E-state index contributed by atoms with van der Waals surface area (Å²) in [6, 6.07) is 15.6. The summed E-state index contributed by atoms with van der Waals surface area (Å²) in [6.45, 7) is 7.06. The molecule has 2 aromatic carbocycles. The zero-order chi connectivity index (χ0) is 16.4. The Bertz CT molecular complexity index is 716. The van der Waals surface area contributed by atoms with Crippen LogP contribution in [0.15, 0.2) is 47.6 Å². The topological polar surface area (TPSA) is 41.6 Å². The summed E-state index contributed by atoms with van der Waals surface area (Å²) in [4.78, 5) is 0. The molecule has 1 unspecified atom stereocenters. The predicted molar refractivity (Wildman–Crippen MR) is 98.0 cm³/mol. The van der Waals surface area contributed by atoms with Crippen molar-refractivity contribution in [3.8, 4) is 0 Å². The Hall–Kier alpha value is -2.13. The van der Waals surface area contributed by atoms with Crippen LogP contribution in [0.1, 0.15) is 41.1 Å². The summed E-state index contributed by atoms with van der Waals surface area (Å²) in [5.74, 6) is 0. The van der Waals surface area contributed by atoms with Gasteiger partial charge in [-0.3, -0.25) is 5.01 Å². The van der Waals surface area contributed by atoms with Gasteiger partial charge >= 0.3 is 0 Å². The number of hydrogen-bond acceptors (Lipinski definition) is 3. The first kappa shape index (κ1) is 15.8. The fourth-order valence-corrected chi connectivity index (χ4v) is 3.22. The summed E-state index contributed by atoms with van der Waals surface area (Å²) in [6.07, 6.45) is 1.82. The highest BCUT2D eigenvalue weighted by molar-refractivity contribution is 5.89. The van der Waals surface area contributed by atoms with Gasteiger partial charge in [0.05, 0.1) is 11.7 Å². The molecular weight excluding hydrogens is 282 g/mol. The monoisotopic (exact) mass is 307 g/mol. The maximum absolute atomic E-state index is 5.75. The van der Waals surface area contributed by atoms with Crippen LogP contribution in [0.4, 0.5) is 5.69 Å². The van der Waals surface area contributed by atoms with E-state index in [1.165, 1.54) is 33.7 Å². The molecule has 0 amide bonds. The molecule has 0 aromatic heterocycles. The molecule has 1 aliphatic rings. The van der Waals surface area contributed by atoms with Crippen LogP contribution in [0, 0.1) is 20.8 Å². The van der Waals surface area contributed by atoms with E-state index in [0.717, 1.165) is 12.8 Å². The molecule has 2 N–H and O–H groups in total. The molecule has 23 heavy (non-hydrogen) atoms. The van der Waals surface area contributed by atoms with Gasteiger partial charge in [0.2, 0.25) is 0 Å². The maximum Gasteiger partial charge on any atom is 0.0828 e. The highest BCUT2D eigenvalue weighted by Crippen LogP contribution is 2.37. The molecule has 0 fully saturated rings. The molecule has 1 heterocycles. The molecule has 0 saturated carbocycles. The number of anilines is 1. The molecule has 1 atom stereocenters. The first-order valence-corrected chi connectivity index (χ1v) is 8.28. The summed E-state index contributed by atoms with van der Waals surface area (Å²) in [5.41, 5.74) is 13.3. The molecule has 3 heteroatoms. The molecule has 1 aliphatic heterocycles. The minimum atomic E-state index is 0.263. The first-order chi connectivity index (χ1) is 11.1. The number of hydrogen-bond donors (Lipinski definition) is 1. The molecule has 0 aliphatic carbocycles. The van der Waals surface area contributed by atoms with Crippen molar-refractivity contribution in [1.82, 2.24) is 0 Å². The molecule has 3 nitrogen and oxygen atoms in total. The summed E-state index contributed by atoms with van der Waals surface area (Å²) in [7, 11) is 0. The van der Waals surface area contributed by atoms with E-state index in [9.17, 15) is 0 Å². The maximum atomic E-state index is 5.75. The van der Waals surface area contributed by atoms with Crippen LogP contribution in [-0.2, 0) is 0 Å². The van der Waals surface area contributed by atoms with Gasteiger partial charge in [-0.15, -0.1) is 0 Å². The number of aryl methyl sites for hydroxylation is 3. The number of rotatable bonds is 4. The van der Waals surface area contributed by atoms with E-state index < -0.39 is 0 Å². The number of nitrogens with zero attached hydrogens (tertiary/aromatic N) is 2. The molecule has 0 saturated heterocycles. The van der Waals surface area contributed by atoms with Crippen molar-refractivity contribution in [1.29, 1.82) is 0 Å². The lowest BCUT2D eigenvalue weighted by Gasteiger charge is -2.26. The highest BCUT2D eigenvalue weighted by atomic mass is 15.5. The van der Waals surface area contributed by atoms with Crippen LogP contribution in [-0.4, -0.2) is 12.3 Å². The Morgan fingerprint density at radius 3 is 2.39 bits per heavy atom. The van der Waals surface area contributed by atoms with Gasteiger partial charge in [0.15, 0.2) is 0 Å². The van der Waals surface area contributed by atoms with Gasteiger partial charge in [-0.05, 0) is 50.9 Å². The SMILES string of the molecule is Cc1ccc(C2CC(CCN)=NN2c2ccc(C)cc2C)cc1. The average molecular weight is 307 g/mol. The van der Waals surface area contributed by atoms with Crippen LogP contribution < -0.4 is 10.7 Å². The number of benzene rings is 2. The predicted octanol–water partition coefficient (Wildman–Crippen LogP) is 4.27. The lowest BCUT2D eigenvalue weighted by molar-refractivity contribution is 0.705. The fraction of sp³-hybridized carbons (Fsp3) is 0.350. The molecule has 0 spiro atoms. The Balaban J connectivity index is 1.99. The third-order valence-electron chi connectivity index (χ3n) is 4.47. The van der Waals surface area contributed by atoms with Gasteiger partial charge in [0, 0.05) is 12.1 Å². The lowest BCUT2D eigenvalue weighted by Crippen LogP contribution is -2.19. The van der Waals surface area contributed by atoms with Crippen LogP contribution in [0.2, 0.25) is 0 Å². The summed E-state index contributed by atoms with van der Waals surface area (Å²) >= 11 is 0. The van der Waals surface area contributed by atoms with E-state index in [4.69, 9.17) is 10.8 Å². The van der Waals surface area contributed by atoms with E-state index in [0.29, 0.717) is 6.54 Å². The van der Waals surface area contributed by atoms with Crippen LogP contribution in [0.25, 0.3) is 0 Å². The van der Waals surface area contributed by atoms with Crippen LogP contribution >= 0.6 is 0 Å². The molecule has 3 rings (SSSR count). The average Bonchev–Trinajstić information content (AvgIpc) is 2.92. The Morgan fingerprint density at radius 2 is 1.74 bits per heavy atom. The minimum absolute atomic E-state index is 0.263. The van der Waals surface area contributed by atoms with Crippen LogP contribution in [0.5, 0.6) is 0 Å². The molecule has 0 radical (unpaired) electrons. The van der Waals surface area contributed by atoms with E-state index >= 15 is 0 Å². The summed E-state index contributed by atoms with van der Waals surface area (Å²) in [5, 5.41) is 7.07. The molecular formula is C20H25N3. The minimum Gasteiger partial charge on any atom is -0.330 e. The second-order valence-electron chi connectivity index (χ2n) is 6.47. The largest absolute Gasteiger partial charge is 0.330 e. The van der Waals surface area contributed by atoms with E-state index in [1.807, 2.05) is 0 Å². The molecule has 120 valence electrons. The van der Waals surface area contributed by atoms with Crippen molar-refractivity contribution < 1.29 is 0 Å². The molecule has 2 aromatic rings. The van der Waals surface area contributed by atoms with Crippen molar-refractivity contribution in [3.63, 3.8) is 0 Å². The Morgan fingerprint density at radius 1 is 1.04 bits per heavy atom. The third-order valence-corrected chi connectivity index (χ3v) is 4.47. The van der Waals surface area contributed by atoms with Gasteiger partial charge in [-0.1, -0.05) is 47.5 Å². The second kappa shape index (κ2) is 6.55. The standard InChI is InChI=1S/C20H25N3/c1-14-4-7-17(8-5-14)20-13-18(10-11-21)22-23(20)19-9-6-15(2)12-16(19)3/h4-9,12,20H,10-11,13,21H2,1-3H3. The van der Waals surface area contributed by atoms with Gasteiger partial charge in [-0.25, -0.2) is 0 Å². The van der Waals surface area contributed by atoms with Gasteiger partial charge in [0.1, 0.15) is 0 Å². The van der Waals surface area contributed by atoms with Crippen molar-refractivity contribution in [3.05, 3.63) is 64.7 Å². The first-order valence-electron chi connectivity index (χ1n) is 8.28. The van der Waals surface area contributed by atoms with Gasteiger partial charge in [0.25, 0.3) is 0 Å². The van der Waals surface area contributed by atoms with Gasteiger partial charge < -0.3 is 5.73 Å². The van der Waals surface area contributed by atoms with Crippen molar-refractivity contribution in [2.75, 3.05) is 11.6 Å². The van der Waals surface area contributed by atoms with Crippen molar-refractivity contribution >= 4 is 11.4 Å². The molecule has 0 bridgehead atoms. The zero-order valence-corrected chi connectivity index (χ0v) is 14.2. The number of nitrogens with two attached hydrogens (primary N) is 1. The highest BCUT2D eigenvalue weighted by Gasteiger charge is 2.29. The van der Waals surface area contributed by atoms with E-state index in [-0.39, 0.29) is 6.04 Å². The van der Waals surface area contributed by atoms with Crippen molar-refractivity contribution in [2.24, 2.45) is 10.8 Å².